The van der Waals surface area contributed by atoms with E-state index >= 15 is 0 Å². The molecule has 1 amide bonds. The maximum atomic E-state index is 12.1. The Morgan fingerprint density at radius 2 is 1.92 bits per heavy atom. The number of benzene rings is 2. The molecular formula is C19H19BrN2O3. The predicted molar refractivity (Wildman–Crippen MR) is 102 cm³/mol. The number of nitrogens with zero attached hydrogens (tertiary/aromatic N) is 1. The summed E-state index contributed by atoms with van der Waals surface area (Å²) in [5, 5.41) is 3.97. The lowest BCUT2D eigenvalue weighted by Crippen LogP contribution is -2.33. The molecule has 0 bridgehead atoms. The summed E-state index contributed by atoms with van der Waals surface area (Å²) >= 11 is 3.38. The second-order valence-electron chi connectivity index (χ2n) is 5.06. The minimum absolute atomic E-state index is 0.350. The smallest absolute Gasteiger partial charge is 0.280 e. The summed E-state index contributed by atoms with van der Waals surface area (Å²) in [5.41, 5.74) is 3.22. The third kappa shape index (κ3) is 5.76. The van der Waals surface area contributed by atoms with Crippen molar-refractivity contribution in [3.63, 3.8) is 0 Å². The van der Waals surface area contributed by atoms with Crippen LogP contribution in [0.4, 0.5) is 0 Å². The molecule has 2 rings (SSSR count). The number of nitrogens with one attached hydrogen (secondary N) is 1. The molecular weight excluding hydrogens is 384 g/mol. The van der Waals surface area contributed by atoms with Gasteiger partial charge in [0.2, 0.25) is 0 Å². The monoisotopic (exact) mass is 402 g/mol. The van der Waals surface area contributed by atoms with Gasteiger partial charge in [0.25, 0.3) is 5.91 Å². The first-order valence-corrected chi connectivity index (χ1v) is 8.48. The first-order valence-electron chi connectivity index (χ1n) is 7.68. The van der Waals surface area contributed by atoms with E-state index in [1.807, 2.05) is 42.5 Å². The molecule has 0 aliphatic heterocycles. The molecule has 25 heavy (non-hydrogen) atoms. The van der Waals surface area contributed by atoms with Crippen LogP contribution in [0.2, 0.25) is 0 Å². The number of carbonyl (C=O) groups excluding carboxylic acids is 1. The van der Waals surface area contributed by atoms with Crippen LogP contribution < -0.4 is 14.9 Å². The Bertz CT molecular complexity index is 762. The van der Waals surface area contributed by atoms with E-state index in [-0.39, 0.29) is 5.91 Å². The summed E-state index contributed by atoms with van der Waals surface area (Å²) in [6, 6.07) is 14.7. The summed E-state index contributed by atoms with van der Waals surface area (Å²) < 4.78 is 11.9. The number of halogens is 1. The van der Waals surface area contributed by atoms with Crippen molar-refractivity contribution in [3.8, 4) is 11.5 Å². The van der Waals surface area contributed by atoms with Gasteiger partial charge in [0.15, 0.2) is 6.10 Å². The summed E-state index contributed by atoms with van der Waals surface area (Å²) in [4.78, 5) is 12.1. The van der Waals surface area contributed by atoms with Gasteiger partial charge in [-0.05, 0) is 47.1 Å². The summed E-state index contributed by atoms with van der Waals surface area (Å²) in [6.07, 6.45) is 2.50. The van der Waals surface area contributed by atoms with E-state index in [0.29, 0.717) is 18.1 Å². The van der Waals surface area contributed by atoms with Crippen LogP contribution in [-0.2, 0) is 4.79 Å². The van der Waals surface area contributed by atoms with E-state index in [9.17, 15) is 4.79 Å². The van der Waals surface area contributed by atoms with E-state index in [1.165, 1.54) is 6.21 Å². The maximum Gasteiger partial charge on any atom is 0.280 e. The van der Waals surface area contributed by atoms with Crippen LogP contribution >= 0.6 is 15.9 Å². The standard InChI is InChI=1S/C19H19BrN2O3/c1-3-12-24-17-10-6-4-8-15(17)13-21-22-19(23)14(2)25-18-11-7-5-9-16(18)20/h3-11,13-14H,1,12H2,2H3,(H,22,23)/b21-13-/t14-/m1/s1. The van der Waals surface area contributed by atoms with Crippen LogP contribution in [0.25, 0.3) is 0 Å². The molecule has 2 aromatic rings. The van der Waals surface area contributed by atoms with Crippen molar-refractivity contribution < 1.29 is 14.3 Å². The SMILES string of the molecule is C=CCOc1ccccc1/C=N\NC(=O)[C@@H](C)Oc1ccccc1Br. The van der Waals surface area contributed by atoms with Gasteiger partial charge in [-0.25, -0.2) is 5.43 Å². The van der Waals surface area contributed by atoms with Crippen LogP contribution in [0, 0.1) is 0 Å². The molecule has 0 aromatic heterocycles. The van der Waals surface area contributed by atoms with Crippen molar-refractivity contribution in [3.05, 3.63) is 71.2 Å². The highest BCUT2D eigenvalue weighted by atomic mass is 79.9. The van der Waals surface area contributed by atoms with E-state index in [4.69, 9.17) is 9.47 Å². The van der Waals surface area contributed by atoms with Crippen LogP contribution in [0.5, 0.6) is 11.5 Å². The predicted octanol–water partition coefficient (Wildman–Crippen LogP) is 3.93. The molecule has 5 nitrogen and oxygen atoms in total. The Kier molecular flexibility index (Phi) is 7.22. The van der Waals surface area contributed by atoms with Crippen molar-refractivity contribution in [1.29, 1.82) is 0 Å². The van der Waals surface area contributed by atoms with Gasteiger partial charge in [-0.3, -0.25) is 4.79 Å². The Balaban J connectivity index is 1.94. The third-order valence-electron chi connectivity index (χ3n) is 3.16. The molecule has 0 heterocycles. The first-order chi connectivity index (χ1) is 12.1. The number of hydrazone groups is 1. The number of hydrogen-bond donors (Lipinski definition) is 1. The highest BCUT2D eigenvalue weighted by Gasteiger charge is 2.15. The zero-order valence-corrected chi connectivity index (χ0v) is 15.4. The molecule has 0 aliphatic carbocycles. The molecule has 0 unspecified atom stereocenters. The van der Waals surface area contributed by atoms with Gasteiger partial charge in [0.05, 0.1) is 10.7 Å². The van der Waals surface area contributed by atoms with Gasteiger partial charge in [0, 0.05) is 5.56 Å². The summed E-state index contributed by atoms with van der Waals surface area (Å²) in [5.74, 6) is 0.909. The van der Waals surface area contributed by atoms with Gasteiger partial charge in [-0.1, -0.05) is 36.9 Å². The number of ether oxygens (including phenoxy) is 2. The van der Waals surface area contributed by atoms with Crippen molar-refractivity contribution in [1.82, 2.24) is 5.43 Å². The fraction of sp³-hybridized carbons (Fsp3) is 0.158. The highest BCUT2D eigenvalue weighted by molar-refractivity contribution is 9.10. The first kappa shape index (κ1) is 18.7. The van der Waals surface area contributed by atoms with Crippen LogP contribution in [0.1, 0.15) is 12.5 Å². The average molecular weight is 403 g/mol. The largest absolute Gasteiger partial charge is 0.489 e. The molecule has 0 radical (unpaired) electrons. The lowest BCUT2D eigenvalue weighted by molar-refractivity contribution is -0.127. The normalized spacial score (nSPS) is 11.8. The number of para-hydroxylation sites is 2. The van der Waals surface area contributed by atoms with Gasteiger partial charge in [-0.2, -0.15) is 5.10 Å². The fourth-order valence-corrected chi connectivity index (χ4v) is 2.29. The fourth-order valence-electron chi connectivity index (χ4n) is 1.91. The van der Waals surface area contributed by atoms with Crippen molar-refractivity contribution >= 4 is 28.1 Å². The Labute approximate surface area is 155 Å². The second-order valence-corrected chi connectivity index (χ2v) is 5.92. The molecule has 1 atom stereocenters. The Hall–Kier alpha value is -2.60. The van der Waals surface area contributed by atoms with Crippen LogP contribution in [-0.4, -0.2) is 24.8 Å². The van der Waals surface area contributed by atoms with Crippen LogP contribution in [0.3, 0.4) is 0 Å². The van der Waals surface area contributed by atoms with E-state index in [0.717, 1.165) is 10.0 Å². The molecule has 0 fully saturated rings. The second kappa shape index (κ2) is 9.64. The quantitative estimate of drug-likeness (QED) is 0.413. The third-order valence-corrected chi connectivity index (χ3v) is 3.82. The van der Waals surface area contributed by atoms with Crippen molar-refractivity contribution in [2.45, 2.75) is 13.0 Å². The number of rotatable bonds is 8. The van der Waals surface area contributed by atoms with E-state index in [2.05, 4.69) is 33.0 Å². The number of hydrogen-bond acceptors (Lipinski definition) is 4. The zero-order chi connectivity index (χ0) is 18.1. The Morgan fingerprint density at radius 3 is 2.64 bits per heavy atom. The van der Waals surface area contributed by atoms with Crippen molar-refractivity contribution in [2.24, 2.45) is 5.10 Å². The molecule has 130 valence electrons. The zero-order valence-electron chi connectivity index (χ0n) is 13.8. The van der Waals surface area contributed by atoms with Gasteiger partial charge in [0.1, 0.15) is 18.1 Å². The molecule has 0 aliphatic rings. The van der Waals surface area contributed by atoms with Gasteiger partial charge >= 0.3 is 0 Å². The summed E-state index contributed by atoms with van der Waals surface area (Å²) in [7, 11) is 0. The highest BCUT2D eigenvalue weighted by Crippen LogP contribution is 2.24. The summed E-state index contributed by atoms with van der Waals surface area (Å²) in [6.45, 7) is 5.67. The van der Waals surface area contributed by atoms with E-state index in [1.54, 1.807) is 19.1 Å². The average Bonchev–Trinajstić information content (AvgIpc) is 2.62. The molecule has 6 heteroatoms. The molecule has 1 N–H and O–H groups in total. The number of amides is 1. The minimum atomic E-state index is -0.692. The lowest BCUT2D eigenvalue weighted by Gasteiger charge is -2.14. The van der Waals surface area contributed by atoms with Crippen LogP contribution in [0.15, 0.2) is 70.8 Å². The molecule has 0 saturated heterocycles. The maximum absolute atomic E-state index is 12.1. The topological polar surface area (TPSA) is 59.9 Å². The Morgan fingerprint density at radius 1 is 1.24 bits per heavy atom. The molecule has 0 spiro atoms. The van der Waals surface area contributed by atoms with E-state index < -0.39 is 6.10 Å². The van der Waals surface area contributed by atoms with Gasteiger partial charge < -0.3 is 9.47 Å². The lowest BCUT2D eigenvalue weighted by atomic mass is 10.2. The van der Waals surface area contributed by atoms with Crippen molar-refractivity contribution in [2.75, 3.05) is 6.61 Å². The van der Waals surface area contributed by atoms with Gasteiger partial charge in [-0.15, -0.1) is 0 Å². The molecule has 0 saturated carbocycles. The minimum Gasteiger partial charge on any atom is -0.489 e. The molecule has 2 aromatic carbocycles. The number of carbonyl (C=O) groups is 1.